The van der Waals surface area contributed by atoms with Crippen molar-refractivity contribution >= 4 is 21.7 Å². The maximum Gasteiger partial charge on any atom is 0.341 e. The summed E-state index contributed by atoms with van der Waals surface area (Å²) in [5.41, 5.74) is -0.525. The van der Waals surface area contributed by atoms with Crippen molar-refractivity contribution in [2.75, 3.05) is 57.4 Å². The molecule has 0 atom stereocenters. The van der Waals surface area contributed by atoms with Crippen LogP contribution >= 0.6 is 0 Å². The van der Waals surface area contributed by atoms with Crippen LogP contribution < -0.4 is 10.6 Å². The molecule has 13 heteroatoms. The predicted molar refractivity (Wildman–Crippen MR) is 101 cm³/mol. The molecule has 12 nitrogen and oxygen atoms in total. The number of morpholine rings is 1. The van der Waals surface area contributed by atoms with Crippen LogP contribution in [0.1, 0.15) is 10.6 Å². The normalized spacial score (nSPS) is 18.8. The average molecular weight is 423 g/mol. The maximum atomic E-state index is 12.7. The molecular weight excluding hydrogens is 402 g/mol. The first-order valence-corrected chi connectivity index (χ1v) is 10.6. The van der Waals surface area contributed by atoms with Crippen LogP contribution in [0, 0.1) is 0 Å². The van der Waals surface area contributed by atoms with Gasteiger partial charge in [-0.3, -0.25) is 9.78 Å². The summed E-state index contributed by atoms with van der Waals surface area (Å²) in [6.45, 7) is 3.38. The van der Waals surface area contributed by atoms with Crippen molar-refractivity contribution in [3.63, 3.8) is 0 Å². The Hall–Kier alpha value is -2.77. The van der Waals surface area contributed by atoms with Crippen LogP contribution in [0.3, 0.4) is 0 Å². The number of pyridine rings is 1. The van der Waals surface area contributed by atoms with E-state index in [1.54, 1.807) is 17.0 Å². The molecule has 1 amide bonds. The Morgan fingerprint density at radius 1 is 1.07 bits per heavy atom. The highest BCUT2D eigenvalue weighted by Crippen LogP contribution is 2.20. The number of anilines is 1. The summed E-state index contributed by atoms with van der Waals surface area (Å²) in [4.78, 5) is 33.8. The third kappa shape index (κ3) is 4.02. The summed E-state index contributed by atoms with van der Waals surface area (Å²) >= 11 is 0. The van der Waals surface area contributed by atoms with E-state index in [2.05, 4.69) is 20.2 Å². The Kier molecular flexibility index (Phi) is 5.34. The first kappa shape index (κ1) is 19.5. The molecule has 4 rings (SSSR count). The minimum absolute atomic E-state index is 0.0146. The van der Waals surface area contributed by atoms with E-state index in [4.69, 9.17) is 4.74 Å². The number of carbonyl (C=O) groups is 1. The Labute approximate surface area is 166 Å². The van der Waals surface area contributed by atoms with Crippen molar-refractivity contribution in [1.29, 1.82) is 0 Å². The molecule has 29 heavy (non-hydrogen) atoms. The molecule has 0 bridgehead atoms. The molecule has 156 valence electrons. The number of aromatic nitrogens is 4. The topological polar surface area (TPSA) is 145 Å². The smallest absolute Gasteiger partial charge is 0.341 e. The van der Waals surface area contributed by atoms with E-state index in [0.717, 1.165) is 0 Å². The summed E-state index contributed by atoms with van der Waals surface area (Å²) < 4.78 is 31.9. The summed E-state index contributed by atoms with van der Waals surface area (Å²) in [6, 6.07) is 3.23. The van der Waals surface area contributed by atoms with Gasteiger partial charge in [0.1, 0.15) is 10.7 Å². The van der Waals surface area contributed by atoms with Gasteiger partial charge in [0.25, 0.3) is 5.91 Å². The van der Waals surface area contributed by atoms with Gasteiger partial charge in [0, 0.05) is 45.5 Å². The molecule has 0 unspecified atom stereocenters. The second-order valence-corrected chi connectivity index (χ2v) is 8.61. The van der Waals surface area contributed by atoms with Crippen molar-refractivity contribution in [1.82, 2.24) is 29.4 Å². The number of ether oxygens (including phenoxy) is 1. The fourth-order valence-electron chi connectivity index (χ4n) is 3.31. The van der Waals surface area contributed by atoms with E-state index in [9.17, 15) is 18.0 Å². The molecule has 2 fully saturated rings. The monoisotopic (exact) mass is 423 g/mol. The van der Waals surface area contributed by atoms with Gasteiger partial charge >= 0.3 is 5.69 Å². The van der Waals surface area contributed by atoms with Gasteiger partial charge < -0.3 is 14.5 Å². The number of carbonyl (C=O) groups excluding carboxylic acids is 1. The number of aromatic amines is 2. The first-order chi connectivity index (χ1) is 13.9. The standard InChI is InChI=1S/C16H21N7O5S/c24-15(14-18-16(25)20-19-14)22-5-3-21(4-6-22)13-2-1-12(11-17-13)29(26,27)23-7-9-28-10-8-23/h1-2,11H,3-10H2,(H2,18,19,20,25). The third-order valence-electron chi connectivity index (χ3n) is 4.92. The van der Waals surface area contributed by atoms with E-state index in [-0.39, 0.29) is 16.6 Å². The number of rotatable bonds is 4. The van der Waals surface area contributed by atoms with E-state index in [1.807, 2.05) is 4.90 Å². The van der Waals surface area contributed by atoms with Gasteiger partial charge in [-0.1, -0.05) is 0 Å². The highest BCUT2D eigenvalue weighted by molar-refractivity contribution is 7.89. The zero-order valence-electron chi connectivity index (χ0n) is 15.6. The number of nitrogens with one attached hydrogen (secondary N) is 2. The van der Waals surface area contributed by atoms with Gasteiger partial charge in [-0.25, -0.2) is 23.3 Å². The zero-order valence-corrected chi connectivity index (χ0v) is 16.4. The van der Waals surface area contributed by atoms with Crippen molar-refractivity contribution in [3.8, 4) is 0 Å². The van der Waals surface area contributed by atoms with Gasteiger partial charge in [0.15, 0.2) is 0 Å². The lowest BCUT2D eigenvalue weighted by molar-refractivity contribution is 0.0730. The molecule has 2 saturated heterocycles. The van der Waals surface area contributed by atoms with E-state index < -0.39 is 15.7 Å². The number of nitrogens with zero attached hydrogens (tertiary/aromatic N) is 5. The van der Waals surface area contributed by atoms with E-state index in [1.165, 1.54) is 10.5 Å². The molecule has 0 saturated carbocycles. The number of sulfonamides is 1. The van der Waals surface area contributed by atoms with Crippen LogP contribution in [0.15, 0.2) is 28.0 Å². The number of hydrogen-bond donors (Lipinski definition) is 2. The molecular formula is C16H21N7O5S. The van der Waals surface area contributed by atoms with Crippen molar-refractivity contribution in [2.24, 2.45) is 0 Å². The molecule has 2 aliphatic heterocycles. The number of H-pyrrole nitrogens is 2. The Bertz CT molecular complexity index is 1020. The van der Waals surface area contributed by atoms with Crippen LogP contribution in [0.2, 0.25) is 0 Å². The summed E-state index contributed by atoms with van der Waals surface area (Å²) in [7, 11) is -3.58. The second-order valence-electron chi connectivity index (χ2n) is 6.67. The summed E-state index contributed by atoms with van der Waals surface area (Å²) in [6.07, 6.45) is 1.37. The lowest BCUT2D eigenvalue weighted by Crippen LogP contribution is -2.49. The Balaban J connectivity index is 1.39. The largest absolute Gasteiger partial charge is 0.379 e. The molecule has 0 aromatic carbocycles. The molecule has 2 N–H and O–H groups in total. The van der Waals surface area contributed by atoms with Gasteiger partial charge in [-0.2, -0.15) is 4.31 Å². The Morgan fingerprint density at radius 3 is 2.38 bits per heavy atom. The lowest BCUT2D eigenvalue weighted by Gasteiger charge is -2.35. The third-order valence-corrected chi connectivity index (χ3v) is 6.81. The van der Waals surface area contributed by atoms with E-state index >= 15 is 0 Å². The van der Waals surface area contributed by atoms with Crippen molar-refractivity contribution < 1.29 is 17.9 Å². The highest BCUT2D eigenvalue weighted by atomic mass is 32.2. The quantitative estimate of drug-likeness (QED) is 0.603. The average Bonchev–Trinajstić information content (AvgIpc) is 3.20. The van der Waals surface area contributed by atoms with Gasteiger partial charge in [0.2, 0.25) is 15.8 Å². The van der Waals surface area contributed by atoms with Crippen LogP contribution in [0.25, 0.3) is 0 Å². The second kappa shape index (κ2) is 7.93. The molecule has 2 aromatic heterocycles. The maximum absolute atomic E-state index is 12.7. The number of hydrogen-bond acceptors (Lipinski definition) is 8. The Morgan fingerprint density at radius 2 is 1.79 bits per heavy atom. The molecule has 4 heterocycles. The summed E-state index contributed by atoms with van der Waals surface area (Å²) in [5.74, 6) is 0.286. The molecule has 2 aliphatic rings. The van der Waals surface area contributed by atoms with Crippen LogP contribution in [0.4, 0.5) is 5.82 Å². The molecule has 0 spiro atoms. The SMILES string of the molecule is O=C(c1n[nH]c(=O)[nH]1)N1CCN(c2ccc(S(=O)(=O)N3CCOCC3)cn2)CC1. The number of piperazine rings is 1. The van der Waals surface area contributed by atoms with Crippen molar-refractivity contribution in [2.45, 2.75) is 4.90 Å². The first-order valence-electron chi connectivity index (χ1n) is 9.18. The zero-order chi connectivity index (χ0) is 20.4. The van der Waals surface area contributed by atoms with Crippen LogP contribution in [-0.4, -0.2) is 96.2 Å². The lowest BCUT2D eigenvalue weighted by atomic mass is 10.3. The molecule has 0 aliphatic carbocycles. The van der Waals surface area contributed by atoms with Crippen LogP contribution in [-0.2, 0) is 14.8 Å². The summed E-state index contributed by atoms with van der Waals surface area (Å²) in [5, 5.41) is 5.84. The van der Waals surface area contributed by atoms with Gasteiger partial charge in [0.05, 0.1) is 13.2 Å². The van der Waals surface area contributed by atoms with Crippen LogP contribution in [0.5, 0.6) is 0 Å². The predicted octanol–water partition coefficient (Wildman–Crippen LogP) is -1.52. The fraction of sp³-hybridized carbons (Fsp3) is 0.500. The highest BCUT2D eigenvalue weighted by Gasteiger charge is 2.28. The number of amides is 1. The van der Waals surface area contributed by atoms with Crippen molar-refractivity contribution in [3.05, 3.63) is 34.6 Å². The van der Waals surface area contributed by atoms with E-state index in [0.29, 0.717) is 58.3 Å². The van der Waals surface area contributed by atoms with Gasteiger partial charge in [-0.05, 0) is 12.1 Å². The minimum atomic E-state index is -3.58. The fourth-order valence-corrected chi connectivity index (χ4v) is 4.66. The molecule has 2 aromatic rings. The minimum Gasteiger partial charge on any atom is -0.379 e. The van der Waals surface area contributed by atoms with Gasteiger partial charge in [-0.15, -0.1) is 5.10 Å². The molecule has 0 radical (unpaired) electrons.